The van der Waals surface area contributed by atoms with Crippen LogP contribution in [0, 0.1) is 17.7 Å². The number of carbonyl (C=O) groups excluding carboxylic acids is 1. The van der Waals surface area contributed by atoms with Gasteiger partial charge in [0.1, 0.15) is 11.9 Å². The summed E-state index contributed by atoms with van der Waals surface area (Å²) in [6, 6.07) is 5.20. The number of aromatic nitrogens is 2. The molecular formula is C15H14FN3O4. The second-order valence-corrected chi connectivity index (χ2v) is 5.48. The van der Waals surface area contributed by atoms with Gasteiger partial charge in [-0.3, -0.25) is 9.59 Å². The molecule has 0 spiro atoms. The zero-order valence-electron chi connectivity index (χ0n) is 12.2. The number of halogens is 1. The Balaban J connectivity index is 1.66. The van der Waals surface area contributed by atoms with Gasteiger partial charge in [0, 0.05) is 5.56 Å². The minimum atomic E-state index is -0.969. The van der Waals surface area contributed by atoms with Crippen LogP contribution >= 0.6 is 0 Å². The van der Waals surface area contributed by atoms with Crippen molar-refractivity contribution in [1.82, 2.24) is 15.5 Å². The number of hydrogen-bond acceptors (Lipinski definition) is 5. The molecule has 120 valence electrons. The Morgan fingerprint density at radius 3 is 2.87 bits per heavy atom. The third-order valence-electron chi connectivity index (χ3n) is 3.70. The number of hydrogen-bond donors (Lipinski definition) is 2. The highest BCUT2D eigenvalue weighted by molar-refractivity contribution is 5.89. The van der Waals surface area contributed by atoms with E-state index in [2.05, 4.69) is 15.5 Å². The smallest absolute Gasteiger partial charge is 0.307 e. The first kappa shape index (κ1) is 15.1. The van der Waals surface area contributed by atoms with Crippen molar-refractivity contribution in [3.8, 4) is 11.4 Å². The highest BCUT2D eigenvalue weighted by Gasteiger charge is 2.48. The predicted molar refractivity (Wildman–Crippen MR) is 75.5 cm³/mol. The summed E-state index contributed by atoms with van der Waals surface area (Å²) in [5.41, 5.74) is 0.465. The molecule has 0 aliphatic heterocycles. The van der Waals surface area contributed by atoms with Crippen molar-refractivity contribution in [2.75, 3.05) is 0 Å². The second-order valence-electron chi connectivity index (χ2n) is 5.48. The molecule has 1 saturated carbocycles. The molecule has 1 fully saturated rings. The van der Waals surface area contributed by atoms with Crippen LogP contribution in [0.1, 0.15) is 25.3 Å². The average Bonchev–Trinajstić information content (AvgIpc) is 3.17. The normalized spacial score (nSPS) is 20.8. The molecule has 1 aromatic carbocycles. The first-order valence-corrected chi connectivity index (χ1v) is 7.08. The molecule has 3 atom stereocenters. The van der Waals surface area contributed by atoms with Crippen molar-refractivity contribution in [1.29, 1.82) is 0 Å². The quantitative estimate of drug-likeness (QED) is 0.870. The Morgan fingerprint density at radius 1 is 1.43 bits per heavy atom. The zero-order chi connectivity index (χ0) is 16.6. The van der Waals surface area contributed by atoms with E-state index in [1.807, 2.05) is 0 Å². The summed E-state index contributed by atoms with van der Waals surface area (Å²) in [6.45, 7) is 1.65. The largest absolute Gasteiger partial charge is 0.481 e. The van der Waals surface area contributed by atoms with E-state index in [0.29, 0.717) is 12.0 Å². The molecule has 1 heterocycles. The van der Waals surface area contributed by atoms with E-state index >= 15 is 0 Å². The van der Waals surface area contributed by atoms with Crippen LogP contribution in [-0.2, 0) is 9.59 Å². The topological polar surface area (TPSA) is 105 Å². The predicted octanol–water partition coefficient (Wildman–Crippen LogP) is 1.77. The first-order chi connectivity index (χ1) is 11.0. The minimum absolute atomic E-state index is 0.171. The van der Waals surface area contributed by atoms with Crippen LogP contribution in [0.3, 0.4) is 0 Å². The number of carbonyl (C=O) groups is 2. The van der Waals surface area contributed by atoms with Crippen LogP contribution in [-0.4, -0.2) is 27.1 Å². The van der Waals surface area contributed by atoms with E-state index < -0.39 is 29.7 Å². The van der Waals surface area contributed by atoms with Gasteiger partial charge in [0.25, 0.3) is 0 Å². The van der Waals surface area contributed by atoms with Crippen molar-refractivity contribution < 1.29 is 23.6 Å². The molecule has 2 N–H and O–H groups in total. The van der Waals surface area contributed by atoms with Gasteiger partial charge in [0.15, 0.2) is 0 Å². The molecular weight excluding hydrogens is 305 g/mol. The lowest BCUT2D eigenvalue weighted by Gasteiger charge is -2.08. The number of benzene rings is 1. The van der Waals surface area contributed by atoms with Crippen LogP contribution in [0.25, 0.3) is 11.4 Å². The van der Waals surface area contributed by atoms with E-state index in [1.54, 1.807) is 13.0 Å². The second kappa shape index (κ2) is 5.79. The molecule has 23 heavy (non-hydrogen) atoms. The molecule has 0 saturated heterocycles. The Morgan fingerprint density at radius 2 is 2.22 bits per heavy atom. The average molecular weight is 319 g/mol. The fraction of sp³-hybridized carbons (Fsp3) is 0.333. The molecule has 7 nitrogen and oxygen atoms in total. The summed E-state index contributed by atoms with van der Waals surface area (Å²) in [5.74, 6) is -2.48. The van der Waals surface area contributed by atoms with Crippen LogP contribution in [0.4, 0.5) is 4.39 Å². The number of carboxylic acids is 1. The van der Waals surface area contributed by atoms with E-state index in [0.717, 1.165) is 0 Å². The van der Waals surface area contributed by atoms with Crippen LogP contribution in [0.15, 0.2) is 28.8 Å². The molecule has 1 aliphatic rings. The minimum Gasteiger partial charge on any atom is -0.481 e. The monoisotopic (exact) mass is 319 g/mol. The fourth-order valence-corrected chi connectivity index (χ4v) is 2.30. The Labute approximate surface area is 130 Å². The number of nitrogens with one attached hydrogen (secondary N) is 1. The first-order valence-electron chi connectivity index (χ1n) is 7.08. The van der Waals surface area contributed by atoms with Crippen molar-refractivity contribution in [2.24, 2.45) is 11.8 Å². The molecule has 1 aromatic heterocycles. The lowest BCUT2D eigenvalue weighted by molar-refractivity contribution is -0.140. The Hall–Kier alpha value is -2.77. The molecule has 3 rings (SSSR count). The van der Waals surface area contributed by atoms with Crippen molar-refractivity contribution in [2.45, 2.75) is 19.4 Å². The van der Waals surface area contributed by atoms with Crippen LogP contribution < -0.4 is 5.32 Å². The van der Waals surface area contributed by atoms with Crippen LogP contribution in [0.2, 0.25) is 0 Å². The number of nitrogens with zero attached hydrogens (tertiary/aromatic N) is 2. The SMILES string of the molecule is CC(NC(=O)C1CC1C(=O)O)c1nc(-c2cccc(F)c2)no1. The molecule has 1 amide bonds. The maximum absolute atomic E-state index is 13.2. The van der Waals surface area contributed by atoms with Gasteiger partial charge >= 0.3 is 5.97 Å². The van der Waals surface area contributed by atoms with Gasteiger partial charge < -0.3 is 14.9 Å². The van der Waals surface area contributed by atoms with Gasteiger partial charge in [-0.05, 0) is 25.5 Å². The lowest BCUT2D eigenvalue weighted by Crippen LogP contribution is -2.29. The summed E-state index contributed by atoms with van der Waals surface area (Å²) in [4.78, 5) is 26.8. The van der Waals surface area contributed by atoms with Gasteiger partial charge in [0.2, 0.25) is 17.6 Å². The summed E-state index contributed by atoms with van der Waals surface area (Å²) >= 11 is 0. The van der Waals surface area contributed by atoms with Gasteiger partial charge in [-0.2, -0.15) is 4.98 Å². The summed E-state index contributed by atoms with van der Waals surface area (Å²) < 4.78 is 18.3. The molecule has 3 unspecified atom stereocenters. The maximum atomic E-state index is 13.2. The zero-order valence-corrected chi connectivity index (χ0v) is 12.2. The molecule has 1 aliphatic carbocycles. The molecule has 0 radical (unpaired) electrons. The number of amides is 1. The number of aliphatic carboxylic acids is 1. The van der Waals surface area contributed by atoms with Crippen LogP contribution in [0.5, 0.6) is 0 Å². The highest BCUT2D eigenvalue weighted by atomic mass is 19.1. The third kappa shape index (κ3) is 3.20. The van der Waals surface area contributed by atoms with Crippen molar-refractivity contribution >= 4 is 11.9 Å². The summed E-state index contributed by atoms with van der Waals surface area (Å²) in [6.07, 6.45) is 0.340. The molecule has 8 heteroatoms. The Bertz CT molecular complexity index is 761. The third-order valence-corrected chi connectivity index (χ3v) is 3.70. The van der Waals surface area contributed by atoms with E-state index in [4.69, 9.17) is 9.63 Å². The standard InChI is InChI=1S/C15H14FN3O4/c1-7(17-13(20)10-6-11(10)15(21)22)14-18-12(19-23-14)8-3-2-4-9(16)5-8/h2-5,7,10-11H,6H2,1H3,(H,17,20)(H,21,22). The molecule has 0 bridgehead atoms. The van der Waals surface area contributed by atoms with E-state index in [-0.39, 0.29) is 17.6 Å². The van der Waals surface area contributed by atoms with E-state index in [1.165, 1.54) is 18.2 Å². The number of carboxylic acid groups (broad SMARTS) is 1. The maximum Gasteiger partial charge on any atom is 0.307 e. The van der Waals surface area contributed by atoms with Crippen molar-refractivity contribution in [3.05, 3.63) is 36.0 Å². The van der Waals surface area contributed by atoms with Gasteiger partial charge in [-0.1, -0.05) is 17.3 Å². The summed E-state index contributed by atoms with van der Waals surface area (Å²) in [5, 5.41) is 15.2. The van der Waals surface area contributed by atoms with Gasteiger partial charge in [0.05, 0.1) is 11.8 Å². The number of rotatable bonds is 5. The highest BCUT2D eigenvalue weighted by Crippen LogP contribution is 2.39. The van der Waals surface area contributed by atoms with E-state index in [9.17, 15) is 14.0 Å². The summed E-state index contributed by atoms with van der Waals surface area (Å²) in [7, 11) is 0. The van der Waals surface area contributed by atoms with Crippen molar-refractivity contribution in [3.63, 3.8) is 0 Å². The molecule has 2 aromatic rings. The Kier molecular flexibility index (Phi) is 3.81. The lowest BCUT2D eigenvalue weighted by atomic mass is 10.2. The fourth-order valence-electron chi connectivity index (χ4n) is 2.30. The van der Waals surface area contributed by atoms with Gasteiger partial charge in [-0.15, -0.1) is 0 Å². The van der Waals surface area contributed by atoms with Gasteiger partial charge in [-0.25, -0.2) is 4.39 Å².